The van der Waals surface area contributed by atoms with Crippen LogP contribution in [-0.2, 0) is 0 Å². The molecule has 0 radical (unpaired) electrons. The molecule has 1 aliphatic rings. The minimum Gasteiger partial charge on any atom is -0.325 e. The van der Waals surface area contributed by atoms with Crippen molar-refractivity contribution in [3.63, 3.8) is 0 Å². The average Bonchev–Trinajstić information content (AvgIpc) is 1.77. The van der Waals surface area contributed by atoms with E-state index in [9.17, 15) is 22.0 Å². The standard InChI is InChI=1S/C7H10F5N/c8-6(9)3-5(13,4-6)1-2-7(10,11)12/h1-4,13H2. The Kier molecular flexibility index (Phi) is 2.30. The monoisotopic (exact) mass is 203 g/mol. The molecular formula is C7H10F5N. The second-order valence-corrected chi connectivity index (χ2v) is 3.69. The molecule has 0 unspecified atom stereocenters. The number of halogens is 5. The lowest BCUT2D eigenvalue weighted by Gasteiger charge is -2.44. The van der Waals surface area contributed by atoms with Gasteiger partial charge in [-0.3, -0.25) is 0 Å². The second-order valence-electron chi connectivity index (χ2n) is 3.69. The summed E-state index contributed by atoms with van der Waals surface area (Å²) in [5.74, 6) is -2.86. The maximum absolute atomic E-state index is 12.3. The lowest BCUT2D eigenvalue weighted by molar-refractivity contribution is -0.160. The topological polar surface area (TPSA) is 26.0 Å². The summed E-state index contributed by atoms with van der Waals surface area (Å²) in [5, 5.41) is 0. The highest BCUT2D eigenvalue weighted by Crippen LogP contribution is 2.47. The third kappa shape index (κ3) is 3.10. The van der Waals surface area contributed by atoms with Crippen LogP contribution < -0.4 is 5.73 Å². The maximum atomic E-state index is 12.3. The van der Waals surface area contributed by atoms with Gasteiger partial charge in [-0.1, -0.05) is 0 Å². The van der Waals surface area contributed by atoms with E-state index in [4.69, 9.17) is 5.73 Å². The fourth-order valence-corrected chi connectivity index (χ4v) is 1.55. The summed E-state index contributed by atoms with van der Waals surface area (Å²) >= 11 is 0. The van der Waals surface area contributed by atoms with Gasteiger partial charge >= 0.3 is 6.18 Å². The molecule has 2 N–H and O–H groups in total. The van der Waals surface area contributed by atoms with Gasteiger partial charge in [-0.2, -0.15) is 13.2 Å². The maximum Gasteiger partial charge on any atom is 0.389 e. The fourth-order valence-electron chi connectivity index (χ4n) is 1.55. The van der Waals surface area contributed by atoms with Crippen LogP contribution in [0, 0.1) is 0 Å². The van der Waals surface area contributed by atoms with E-state index in [0.717, 1.165) is 0 Å². The lowest BCUT2D eigenvalue weighted by Crippen LogP contribution is -2.58. The van der Waals surface area contributed by atoms with Crippen LogP contribution in [0.3, 0.4) is 0 Å². The first-order valence-corrected chi connectivity index (χ1v) is 3.85. The molecule has 1 saturated carbocycles. The minimum atomic E-state index is -4.31. The first kappa shape index (κ1) is 10.7. The van der Waals surface area contributed by atoms with E-state index in [-0.39, 0.29) is 0 Å². The number of alkyl halides is 5. The minimum absolute atomic E-state index is 0.411. The van der Waals surface area contributed by atoms with E-state index in [1.54, 1.807) is 0 Å². The molecule has 1 fully saturated rings. The van der Waals surface area contributed by atoms with E-state index in [0.29, 0.717) is 0 Å². The molecule has 0 aromatic rings. The SMILES string of the molecule is NC1(CCC(F)(F)F)CC(F)(F)C1. The van der Waals surface area contributed by atoms with Crippen LogP contribution in [0.15, 0.2) is 0 Å². The molecule has 0 heterocycles. The van der Waals surface area contributed by atoms with Crippen molar-refractivity contribution in [2.75, 3.05) is 0 Å². The van der Waals surface area contributed by atoms with Crippen LogP contribution in [0.1, 0.15) is 25.7 Å². The smallest absolute Gasteiger partial charge is 0.325 e. The van der Waals surface area contributed by atoms with Gasteiger partial charge in [-0.15, -0.1) is 0 Å². The number of hydrogen-bond acceptors (Lipinski definition) is 1. The zero-order valence-corrected chi connectivity index (χ0v) is 6.80. The van der Waals surface area contributed by atoms with Crippen molar-refractivity contribution in [2.24, 2.45) is 5.73 Å². The first-order chi connectivity index (χ1) is 5.62. The highest BCUT2D eigenvalue weighted by Gasteiger charge is 2.54. The molecule has 0 amide bonds. The molecule has 0 spiro atoms. The van der Waals surface area contributed by atoms with Crippen LogP contribution in [0.5, 0.6) is 0 Å². The average molecular weight is 203 g/mol. The molecule has 0 aromatic heterocycles. The number of nitrogens with two attached hydrogens (primary N) is 1. The Bertz CT molecular complexity index is 190. The van der Waals surface area contributed by atoms with Crippen molar-refractivity contribution >= 4 is 0 Å². The van der Waals surface area contributed by atoms with Gasteiger partial charge in [0.15, 0.2) is 0 Å². The van der Waals surface area contributed by atoms with Gasteiger partial charge in [0.25, 0.3) is 5.92 Å². The Hall–Kier alpha value is -0.390. The Labute approximate surface area is 72.1 Å². The van der Waals surface area contributed by atoms with Gasteiger partial charge in [0.2, 0.25) is 0 Å². The Balaban J connectivity index is 2.32. The molecule has 1 nitrogen and oxygen atoms in total. The van der Waals surface area contributed by atoms with E-state index in [1.807, 2.05) is 0 Å². The Morgan fingerprint density at radius 2 is 1.62 bits per heavy atom. The van der Waals surface area contributed by atoms with Crippen LogP contribution in [0.2, 0.25) is 0 Å². The van der Waals surface area contributed by atoms with Gasteiger partial charge in [-0.25, -0.2) is 8.78 Å². The molecule has 0 atom stereocenters. The van der Waals surface area contributed by atoms with Crippen molar-refractivity contribution in [2.45, 2.75) is 43.3 Å². The van der Waals surface area contributed by atoms with E-state index in [1.165, 1.54) is 0 Å². The molecule has 0 aromatic carbocycles. The highest BCUT2D eigenvalue weighted by molar-refractivity contribution is 5.03. The fraction of sp³-hybridized carbons (Fsp3) is 1.00. The molecule has 1 rings (SSSR count). The van der Waals surface area contributed by atoms with Crippen LogP contribution >= 0.6 is 0 Å². The van der Waals surface area contributed by atoms with Crippen molar-refractivity contribution in [3.8, 4) is 0 Å². The van der Waals surface area contributed by atoms with E-state index >= 15 is 0 Å². The van der Waals surface area contributed by atoms with Gasteiger partial charge in [0.1, 0.15) is 0 Å². The van der Waals surface area contributed by atoms with Crippen molar-refractivity contribution in [1.29, 1.82) is 0 Å². The largest absolute Gasteiger partial charge is 0.389 e. The third-order valence-electron chi connectivity index (χ3n) is 2.13. The summed E-state index contributed by atoms with van der Waals surface area (Å²) in [6.07, 6.45) is -7.06. The summed E-state index contributed by atoms with van der Waals surface area (Å²) in [7, 11) is 0. The van der Waals surface area contributed by atoms with Crippen LogP contribution in [0.4, 0.5) is 22.0 Å². The third-order valence-corrected chi connectivity index (χ3v) is 2.13. The normalized spacial score (nSPS) is 25.4. The predicted molar refractivity (Wildman–Crippen MR) is 36.4 cm³/mol. The van der Waals surface area contributed by atoms with E-state index in [2.05, 4.69) is 0 Å². The van der Waals surface area contributed by atoms with Crippen molar-refractivity contribution in [1.82, 2.24) is 0 Å². The van der Waals surface area contributed by atoms with Crippen LogP contribution in [0.25, 0.3) is 0 Å². The molecule has 6 heteroatoms. The van der Waals surface area contributed by atoms with Gasteiger partial charge < -0.3 is 5.73 Å². The molecule has 78 valence electrons. The zero-order chi connectivity index (χ0) is 10.3. The molecule has 0 bridgehead atoms. The summed E-state index contributed by atoms with van der Waals surface area (Å²) in [5.41, 5.74) is 4.00. The Morgan fingerprint density at radius 3 is 1.92 bits per heavy atom. The van der Waals surface area contributed by atoms with Crippen LogP contribution in [-0.4, -0.2) is 17.6 Å². The first-order valence-electron chi connectivity index (χ1n) is 3.85. The zero-order valence-electron chi connectivity index (χ0n) is 6.80. The van der Waals surface area contributed by atoms with Crippen molar-refractivity contribution in [3.05, 3.63) is 0 Å². The molecular weight excluding hydrogens is 193 g/mol. The quantitative estimate of drug-likeness (QED) is 0.685. The van der Waals surface area contributed by atoms with Gasteiger partial charge in [-0.05, 0) is 6.42 Å². The highest BCUT2D eigenvalue weighted by atomic mass is 19.4. The molecule has 0 saturated heterocycles. The number of rotatable bonds is 2. The van der Waals surface area contributed by atoms with Gasteiger partial charge in [0.05, 0.1) is 0 Å². The lowest BCUT2D eigenvalue weighted by atomic mass is 9.71. The number of hydrogen-bond donors (Lipinski definition) is 1. The molecule has 1 aliphatic carbocycles. The molecule has 13 heavy (non-hydrogen) atoms. The summed E-state index contributed by atoms with van der Waals surface area (Å²) in [6.45, 7) is 0. The van der Waals surface area contributed by atoms with Gasteiger partial charge in [0, 0.05) is 24.8 Å². The predicted octanol–water partition coefficient (Wildman–Crippen LogP) is 2.46. The molecule has 0 aliphatic heterocycles. The second kappa shape index (κ2) is 2.80. The summed E-state index contributed by atoms with van der Waals surface area (Å²) in [6, 6.07) is 0. The van der Waals surface area contributed by atoms with E-state index < -0.39 is 43.3 Å². The summed E-state index contributed by atoms with van der Waals surface area (Å²) in [4.78, 5) is 0. The van der Waals surface area contributed by atoms with Crippen molar-refractivity contribution < 1.29 is 22.0 Å². The Morgan fingerprint density at radius 1 is 1.15 bits per heavy atom. The summed E-state index contributed by atoms with van der Waals surface area (Å²) < 4.78 is 59.7.